The zero-order valence-electron chi connectivity index (χ0n) is 8.76. The third-order valence-corrected chi connectivity index (χ3v) is 1.98. The van der Waals surface area contributed by atoms with Gasteiger partial charge in [0.05, 0.1) is 0 Å². The second-order valence-electron chi connectivity index (χ2n) is 4.35. The number of aliphatic hydroxyl groups is 1. The second-order valence-corrected chi connectivity index (χ2v) is 4.35. The molecule has 0 saturated carbocycles. The molecule has 0 aromatic heterocycles. The first-order chi connectivity index (χ1) is 5.82. The maximum absolute atomic E-state index is 9.33. The first kappa shape index (κ1) is 9.90. The molecule has 1 aliphatic rings. The van der Waals surface area contributed by atoms with Crippen LogP contribution in [0.4, 0.5) is 0 Å². The zero-order valence-corrected chi connectivity index (χ0v) is 8.76. The Balaban J connectivity index is 3.05. The SMILES string of the molecule is C=C1C=C(O)C=C(C)N1C(C)(C)C. The number of hydrogen-bond acceptors (Lipinski definition) is 2. The van der Waals surface area contributed by atoms with E-state index in [1.54, 1.807) is 12.2 Å². The van der Waals surface area contributed by atoms with Gasteiger partial charge in [0.2, 0.25) is 0 Å². The summed E-state index contributed by atoms with van der Waals surface area (Å²) in [6, 6.07) is 0. The molecule has 0 saturated heterocycles. The molecule has 0 unspecified atom stereocenters. The van der Waals surface area contributed by atoms with Gasteiger partial charge in [0, 0.05) is 23.0 Å². The van der Waals surface area contributed by atoms with Crippen LogP contribution in [-0.4, -0.2) is 15.5 Å². The minimum atomic E-state index is 0.00880. The van der Waals surface area contributed by atoms with Gasteiger partial charge in [-0.2, -0.15) is 0 Å². The summed E-state index contributed by atoms with van der Waals surface area (Å²) in [4.78, 5) is 2.10. The average Bonchev–Trinajstić information content (AvgIpc) is 1.78. The molecule has 0 aliphatic carbocycles. The second kappa shape index (κ2) is 2.95. The molecule has 0 radical (unpaired) electrons. The van der Waals surface area contributed by atoms with E-state index in [4.69, 9.17) is 0 Å². The van der Waals surface area contributed by atoms with Crippen molar-refractivity contribution < 1.29 is 5.11 Å². The molecule has 0 aromatic carbocycles. The van der Waals surface area contributed by atoms with Gasteiger partial charge in [-0.15, -0.1) is 0 Å². The Hall–Kier alpha value is -1.18. The quantitative estimate of drug-likeness (QED) is 0.618. The first-order valence-electron chi connectivity index (χ1n) is 4.40. The smallest absolute Gasteiger partial charge is 0.119 e. The topological polar surface area (TPSA) is 23.5 Å². The fourth-order valence-electron chi connectivity index (χ4n) is 1.74. The highest BCUT2D eigenvalue weighted by atomic mass is 16.3. The molecular weight excluding hydrogens is 162 g/mol. The van der Waals surface area contributed by atoms with Crippen LogP contribution in [0.15, 0.2) is 35.9 Å². The lowest BCUT2D eigenvalue weighted by molar-refractivity contribution is 0.237. The predicted molar refractivity (Wildman–Crippen MR) is 55.2 cm³/mol. The molecule has 13 heavy (non-hydrogen) atoms. The van der Waals surface area contributed by atoms with Gasteiger partial charge >= 0.3 is 0 Å². The Bertz CT molecular complexity index is 292. The number of nitrogens with zero attached hydrogens (tertiary/aromatic N) is 1. The van der Waals surface area contributed by atoms with Crippen LogP contribution in [0.25, 0.3) is 0 Å². The fourth-order valence-corrected chi connectivity index (χ4v) is 1.74. The minimum Gasteiger partial charge on any atom is -0.508 e. The van der Waals surface area contributed by atoms with Gasteiger partial charge in [0.1, 0.15) is 5.76 Å². The van der Waals surface area contributed by atoms with Gasteiger partial charge in [-0.1, -0.05) is 6.58 Å². The lowest BCUT2D eigenvalue weighted by Gasteiger charge is -2.40. The van der Waals surface area contributed by atoms with Crippen LogP contribution in [0.5, 0.6) is 0 Å². The number of allylic oxidation sites excluding steroid dienone is 3. The van der Waals surface area contributed by atoms with Crippen LogP contribution in [0, 0.1) is 0 Å². The highest BCUT2D eigenvalue weighted by molar-refractivity contribution is 5.34. The monoisotopic (exact) mass is 179 g/mol. The average molecular weight is 179 g/mol. The van der Waals surface area contributed by atoms with Crippen LogP contribution < -0.4 is 0 Å². The molecule has 72 valence electrons. The molecule has 1 aliphatic heterocycles. The Morgan fingerprint density at radius 3 is 2.23 bits per heavy atom. The third-order valence-electron chi connectivity index (χ3n) is 1.98. The highest BCUT2D eigenvalue weighted by Gasteiger charge is 2.25. The molecular formula is C11H17NO. The van der Waals surface area contributed by atoms with E-state index in [1.165, 1.54) is 0 Å². The number of aliphatic hydroxyl groups excluding tert-OH is 1. The van der Waals surface area contributed by atoms with E-state index in [2.05, 4.69) is 32.3 Å². The molecule has 0 atom stereocenters. The van der Waals surface area contributed by atoms with Gasteiger partial charge in [-0.25, -0.2) is 0 Å². The Kier molecular flexibility index (Phi) is 2.24. The molecule has 0 fully saturated rings. The third kappa shape index (κ3) is 1.94. The summed E-state index contributed by atoms with van der Waals surface area (Å²) in [5.41, 5.74) is 1.87. The van der Waals surface area contributed by atoms with Gasteiger partial charge in [-0.05, 0) is 33.8 Å². The number of hydrogen-bond donors (Lipinski definition) is 1. The van der Waals surface area contributed by atoms with E-state index in [0.29, 0.717) is 0 Å². The zero-order chi connectivity index (χ0) is 10.2. The van der Waals surface area contributed by atoms with Crippen molar-refractivity contribution in [2.24, 2.45) is 0 Å². The fraction of sp³-hybridized carbons (Fsp3) is 0.455. The summed E-state index contributed by atoms with van der Waals surface area (Å²) in [5.74, 6) is 0.281. The van der Waals surface area contributed by atoms with Crippen molar-refractivity contribution in [3.63, 3.8) is 0 Å². The summed E-state index contributed by atoms with van der Waals surface area (Å²) < 4.78 is 0. The molecule has 1 rings (SSSR count). The van der Waals surface area contributed by atoms with Crippen LogP contribution >= 0.6 is 0 Å². The number of rotatable bonds is 0. The molecule has 0 amide bonds. The van der Waals surface area contributed by atoms with Crippen LogP contribution in [-0.2, 0) is 0 Å². The molecule has 0 aromatic rings. The van der Waals surface area contributed by atoms with Crippen molar-refractivity contribution >= 4 is 0 Å². The normalized spacial score (nSPS) is 18.5. The predicted octanol–water partition coefficient (Wildman–Crippen LogP) is 2.96. The maximum atomic E-state index is 9.33. The molecule has 2 heteroatoms. The maximum Gasteiger partial charge on any atom is 0.119 e. The summed E-state index contributed by atoms with van der Waals surface area (Å²) in [6.07, 6.45) is 3.43. The van der Waals surface area contributed by atoms with Crippen molar-refractivity contribution in [3.05, 3.63) is 35.9 Å². The van der Waals surface area contributed by atoms with Crippen molar-refractivity contribution in [1.29, 1.82) is 0 Å². The van der Waals surface area contributed by atoms with Gasteiger partial charge < -0.3 is 10.0 Å². The highest BCUT2D eigenvalue weighted by Crippen LogP contribution is 2.28. The van der Waals surface area contributed by atoms with Crippen molar-refractivity contribution in [1.82, 2.24) is 4.90 Å². The van der Waals surface area contributed by atoms with Crippen LogP contribution in [0.1, 0.15) is 27.7 Å². The Morgan fingerprint density at radius 1 is 1.31 bits per heavy atom. The largest absolute Gasteiger partial charge is 0.508 e. The van der Waals surface area contributed by atoms with Crippen molar-refractivity contribution in [2.45, 2.75) is 33.2 Å². The van der Waals surface area contributed by atoms with E-state index >= 15 is 0 Å². The van der Waals surface area contributed by atoms with E-state index in [-0.39, 0.29) is 11.3 Å². The summed E-state index contributed by atoms with van der Waals surface area (Å²) in [6.45, 7) is 12.2. The van der Waals surface area contributed by atoms with E-state index in [1.807, 2.05) is 6.92 Å². The van der Waals surface area contributed by atoms with Crippen molar-refractivity contribution in [2.75, 3.05) is 0 Å². The molecule has 2 nitrogen and oxygen atoms in total. The van der Waals surface area contributed by atoms with Gasteiger partial charge in [0.15, 0.2) is 0 Å². The summed E-state index contributed by atoms with van der Waals surface area (Å²) in [7, 11) is 0. The van der Waals surface area contributed by atoms with Crippen molar-refractivity contribution in [3.8, 4) is 0 Å². The Labute approximate surface area is 79.9 Å². The van der Waals surface area contributed by atoms with E-state index in [9.17, 15) is 5.11 Å². The lowest BCUT2D eigenvalue weighted by atomic mass is 10.0. The minimum absolute atomic E-state index is 0.00880. The first-order valence-corrected chi connectivity index (χ1v) is 4.40. The van der Waals surface area contributed by atoms with E-state index in [0.717, 1.165) is 11.4 Å². The summed E-state index contributed by atoms with van der Waals surface area (Å²) >= 11 is 0. The van der Waals surface area contributed by atoms with Crippen LogP contribution in [0.3, 0.4) is 0 Å². The standard InChI is InChI=1S/C11H17NO/c1-8-6-10(13)7-9(2)12(8)11(3,4)5/h6-7,13H,1H2,2-5H3. The van der Waals surface area contributed by atoms with Crippen LogP contribution in [0.2, 0.25) is 0 Å². The molecule has 1 heterocycles. The molecule has 0 bridgehead atoms. The molecule has 1 N–H and O–H groups in total. The Morgan fingerprint density at radius 2 is 1.85 bits per heavy atom. The van der Waals surface area contributed by atoms with Gasteiger partial charge in [0.25, 0.3) is 0 Å². The summed E-state index contributed by atoms with van der Waals surface area (Å²) in [5, 5.41) is 9.33. The lowest BCUT2D eigenvalue weighted by Crippen LogP contribution is -2.39. The van der Waals surface area contributed by atoms with E-state index < -0.39 is 0 Å². The molecule has 0 spiro atoms. The van der Waals surface area contributed by atoms with Gasteiger partial charge in [-0.3, -0.25) is 0 Å².